The molecule has 0 radical (unpaired) electrons. The maximum absolute atomic E-state index is 2.56. The minimum Gasteiger partial charge on any atom is -0.129 e. The number of hydrogen-bond acceptors (Lipinski definition) is 1. The van der Waals surface area contributed by atoms with E-state index in [1.54, 1.807) is 0 Å². The lowest BCUT2D eigenvalue weighted by Crippen LogP contribution is -2.28. The minimum absolute atomic E-state index is 0.367. The molecule has 0 atom stereocenters. The molecule has 2 heteroatoms. The van der Waals surface area contributed by atoms with Crippen molar-refractivity contribution in [2.24, 2.45) is 0 Å². The first-order chi connectivity index (χ1) is 6.39. The smallest absolute Gasteiger partial charge is 0.0776 e. The highest BCUT2D eigenvalue weighted by atomic mass is 32.2. The summed E-state index contributed by atoms with van der Waals surface area (Å²) < 4.78 is 0.367. The predicted octanol–water partition coefficient (Wildman–Crippen LogP) is 5.08. The van der Waals surface area contributed by atoms with Gasteiger partial charge >= 0.3 is 0 Å². The third-order valence-corrected chi connectivity index (χ3v) is 9.27. The van der Waals surface area contributed by atoms with E-state index < -0.39 is 8.07 Å². The van der Waals surface area contributed by atoms with Crippen molar-refractivity contribution in [1.29, 1.82) is 0 Å². The average molecular weight is 230 g/mol. The van der Waals surface area contributed by atoms with Crippen molar-refractivity contribution < 1.29 is 0 Å². The van der Waals surface area contributed by atoms with Crippen molar-refractivity contribution in [3.05, 3.63) is 11.1 Å². The molecule has 0 rings (SSSR count). The van der Waals surface area contributed by atoms with Gasteiger partial charge in [0.05, 0.1) is 8.07 Å². The Morgan fingerprint density at radius 1 is 1.00 bits per heavy atom. The second-order valence-corrected chi connectivity index (χ2v) is 11.9. The van der Waals surface area contributed by atoms with Gasteiger partial charge in [0, 0.05) is 4.75 Å². The van der Waals surface area contributed by atoms with Crippen LogP contribution in [0.5, 0.6) is 0 Å². The fourth-order valence-electron chi connectivity index (χ4n) is 1.49. The van der Waals surface area contributed by atoms with Crippen LogP contribution in [0.2, 0.25) is 18.1 Å². The van der Waals surface area contributed by atoms with Gasteiger partial charge in [-0.2, -0.15) is 0 Å². The fraction of sp³-hybridized carbons (Fsp3) is 0.833. The Hall–Kier alpha value is 0.307. The molecule has 0 bridgehead atoms. The Morgan fingerprint density at radius 2 is 1.43 bits per heavy atom. The standard InChI is InChI=1S/C12H26SSi/c1-7-14(8-2,9-3)11-10-13-12(4,5)6/h10-11H,7-9H2,1-6H3/b11-10+. The van der Waals surface area contributed by atoms with Gasteiger partial charge in [0.15, 0.2) is 0 Å². The molecule has 0 amide bonds. The Labute approximate surface area is 95.6 Å². The zero-order chi connectivity index (χ0) is 11.2. The van der Waals surface area contributed by atoms with Crippen molar-refractivity contribution in [3.8, 4) is 0 Å². The molecule has 0 nitrogen and oxygen atoms in total. The largest absolute Gasteiger partial charge is 0.129 e. The summed E-state index contributed by atoms with van der Waals surface area (Å²) >= 11 is 1.96. The summed E-state index contributed by atoms with van der Waals surface area (Å²) in [6.45, 7) is 13.9. The van der Waals surface area contributed by atoms with Gasteiger partial charge in [-0.05, 0) is 5.41 Å². The van der Waals surface area contributed by atoms with Crippen LogP contribution in [0.25, 0.3) is 0 Å². The third kappa shape index (κ3) is 5.25. The van der Waals surface area contributed by atoms with E-state index in [0.717, 1.165) is 0 Å². The summed E-state index contributed by atoms with van der Waals surface area (Å²) in [5.41, 5.74) is 2.56. The first kappa shape index (κ1) is 14.3. The van der Waals surface area contributed by atoms with Crippen molar-refractivity contribution >= 4 is 19.8 Å². The van der Waals surface area contributed by atoms with E-state index in [-0.39, 0.29) is 0 Å². The lowest BCUT2D eigenvalue weighted by atomic mass is 10.3. The monoisotopic (exact) mass is 230 g/mol. The van der Waals surface area contributed by atoms with Gasteiger partial charge in [-0.3, -0.25) is 0 Å². The highest BCUT2D eigenvalue weighted by Crippen LogP contribution is 2.28. The topological polar surface area (TPSA) is 0 Å². The SMILES string of the molecule is CC[Si](/C=C/SC(C)(C)C)(CC)CC. The highest BCUT2D eigenvalue weighted by molar-refractivity contribution is 8.03. The van der Waals surface area contributed by atoms with Crippen LogP contribution in [0.3, 0.4) is 0 Å². The Kier molecular flexibility index (Phi) is 6.15. The molecule has 84 valence electrons. The van der Waals surface area contributed by atoms with Gasteiger partial charge in [0.25, 0.3) is 0 Å². The molecule has 0 saturated heterocycles. The minimum atomic E-state index is -1.02. The van der Waals surface area contributed by atoms with Gasteiger partial charge in [-0.1, -0.05) is 65.4 Å². The van der Waals surface area contributed by atoms with Crippen molar-refractivity contribution in [1.82, 2.24) is 0 Å². The van der Waals surface area contributed by atoms with Crippen molar-refractivity contribution in [2.75, 3.05) is 0 Å². The summed E-state index contributed by atoms with van der Waals surface area (Å²) in [6, 6.07) is 4.17. The number of thioether (sulfide) groups is 1. The van der Waals surface area contributed by atoms with E-state index in [2.05, 4.69) is 52.6 Å². The Balaban J connectivity index is 4.30. The summed E-state index contributed by atoms with van der Waals surface area (Å²) in [4.78, 5) is 0. The molecule has 0 aliphatic rings. The van der Waals surface area contributed by atoms with Gasteiger partial charge in [-0.15, -0.1) is 11.8 Å². The van der Waals surface area contributed by atoms with Gasteiger partial charge < -0.3 is 0 Å². The van der Waals surface area contributed by atoms with Crippen LogP contribution in [-0.2, 0) is 0 Å². The molecule has 0 N–H and O–H groups in total. The molecule has 0 aliphatic heterocycles. The zero-order valence-electron chi connectivity index (χ0n) is 10.7. The van der Waals surface area contributed by atoms with Crippen LogP contribution in [0.1, 0.15) is 41.5 Å². The van der Waals surface area contributed by atoms with E-state index in [1.165, 1.54) is 18.1 Å². The molecular formula is C12H26SSi. The summed E-state index contributed by atoms with van der Waals surface area (Å²) in [6.07, 6.45) is 0. The molecule has 0 aromatic rings. The molecule has 0 heterocycles. The number of rotatable bonds is 5. The van der Waals surface area contributed by atoms with Crippen LogP contribution in [0.4, 0.5) is 0 Å². The summed E-state index contributed by atoms with van der Waals surface area (Å²) in [5, 5.41) is 2.36. The lowest BCUT2D eigenvalue weighted by Gasteiger charge is -2.24. The van der Waals surface area contributed by atoms with Crippen LogP contribution in [-0.4, -0.2) is 12.8 Å². The second kappa shape index (κ2) is 6.01. The molecule has 0 aromatic carbocycles. The molecule has 0 spiro atoms. The van der Waals surface area contributed by atoms with E-state index >= 15 is 0 Å². The molecule has 0 fully saturated rings. The zero-order valence-corrected chi connectivity index (χ0v) is 12.5. The Morgan fingerprint density at radius 3 is 1.71 bits per heavy atom. The number of hydrogen-bond donors (Lipinski definition) is 0. The summed E-state index contributed by atoms with van der Waals surface area (Å²) in [7, 11) is -1.02. The maximum Gasteiger partial charge on any atom is 0.0776 e. The van der Waals surface area contributed by atoms with E-state index in [1.807, 2.05) is 11.8 Å². The fourth-order valence-corrected chi connectivity index (χ4v) is 5.53. The van der Waals surface area contributed by atoms with Gasteiger partial charge in [0.1, 0.15) is 0 Å². The highest BCUT2D eigenvalue weighted by Gasteiger charge is 2.23. The third-order valence-electron chi connectivity index (χ3n) is 2.96. The predicted molar refractivity (Wildman–Crippen MR) is 73.7 cm³/mol. The second-order valence-electron chi connectivity index (χ2n) is 4.96. The normalized spacial score (nSPS) is 13.9. The van der Waals surface area contributed by atoms with Crippen LogP contribution in [0, 0.1) is 0 Å². The summed E-state index contributed by atoms with van der Waals surface area (Å²) in [5.74, 6) is 0. The first-order valence-electron chi connectivity index (χ1n) is 5.74. The molecule has 14 heavy (non-hydrogen) atoms. The van der Waals surface area contributed by atoms with Gasteiger partial charge in [0.2, 0.25) is 0 Å². The molecular weight excluding hydrogens is 204 g/mol. The molecule has 0 unspecified atom stereocenters. The lowest BCUT2D eigenvalue weighted by molar-refractivity contribution is 0.807. The van der Waals surface area contributed by atoms with E-state index in [9.17, 15) is 0 Å². The van der Waals surface area contributed by atoms with Crippen molar-refractivity contribution in [2.45, 2.75) is 64.4 Å². The molecule has 0 saturated carbocycles. The average Bonchev–Trinajstić information content (AvgIpc) is 2.11. The molecule has 0 aromatic heterocycles. The quantitative estimate of drug-likeness (QED) is 0.594. The molecule has 0 aliphatic carbocycles. The van der Waals surface area contributed by atoms with Crippen LogP contribution < -0.4 is 0 Å². The Bertz CT molecular complexity index is 167. The van der Waals surface area contributed by atoms with E-state index in [0.29, 0.717) is 4.75 Å². The van der Waals surface area contributed by atoms with Crippen LogP contribution in [0.15, 0.2) is 11.1 Å². The first-order valence-corrected chi connectivity index (χ1v) is 9.32. The maximum atomic E-state index is 2.56. The van der Waals surface area contributed by atoms with Crippen molar-refractivity contribution in [3.63, 3.8) is 0 Å². The van der Waals surface area contributed by atoms with E-state index in [4.69, 9.17) is 0 Å². The van der Waals surface area contributed by atoms with Gasteiger partial charge in [-0.25, -0.2) is 0 Å². The van der Waals surface area contributed by atoms with Crippen LogP contribution >= 0.6 is 11.8 Å².